The minimum Gasteiger partial charge on any atom is -0.399 e. The average Bonchev–Trinajstić information content (AvgIpc) is 2.51. The van der Waals surface area contributed by atoms with Crippen molar-refractivity contribution < 1.29 is 13.6 Å². The lowest BCUT2D eigenvalue weighted by molar-refractivity contribution is 0.138. The first-order valence-electron chi connectivity index (χ1n) is 8.63. The summed E-state index contributed by atoms with van der Waals surface area (Å²) in [6.45, 7) is 7.31. The Morgan fingerprint density at radius 1 is 0.885 bits per heavy atom. The molecule has 0 spiro atoms. The number of nitrogens with two attached hydrogens (primary N) is 2. The third kappa shape index (κ3) is 5.49. The Balaban J connectivity index is 2.51. The zero-order valence-electron chi connectivity index (χ0n) is 15.7. The number of hydrogen-bond acceptors (Lipinski definition) is 6. The molecule has 2 aromatic carbocycles. The van der Waals surface area contributed by atoms with Crippen LogP contribution in [0.15, 0.2) is 48.5 Å². The number of nitrogen functional groups attached to an aromatic ring is 2. The Hall–Kier alpha value is -2.01. The number of nitrogens with one attached hydrogen (secondary N) is 1. The van der Waals surface area contributed by atoms with Gasteiger partial charge in [-0.05, 0) is 63.6 Å². The molecule has 0 aliphatic carbocycles. The van der Waals surface area contributed by atoms with Crippen LogP contribution in [0.4, 0.5) is 17.1 Å². The number of benzene rings is 2. The van der Waals surface area contributed by atoms with E-state index in [9.17, 15) is 4.57 Å². The molecule has 0 aromatic heterocycles. The molecular formula is C19H28N3O3P. The highest BCUT2D eigenvalue weighted by Gasteiger charge is 2.39. The standard InChI is InChI=1S/C19H28N3O3P/c1-13(2)24-26(23,25-14(3)4)19(15-7-5-8-16(20)11-15)22-18-10-6-9-17(21)12-18/h5-14,19,22H,20-21H2,1-4H3. The Kier molecular flexibility index (Phi) is 6.70. The molecule has 0 bridgehead atoms. The van der Waals surface area contributed by atoms with Crippen molar-refractivity contribution in [1.82, 2.24) is 0 Å². The summed E-state index contributed by atoms with van der Waals surface area (Å²) in [5.74, 6) is -0.724. The lowest BCUT2D eigenvalue weighted by atomic mass is 10.2. The second kappa shape index (κ2) is 8.58. The fourth-order valence-electron chi connectivity index (χ4n) is 2.59. The highest BCUT2D eigenvalue weighted by atomic mass is 31.2. The van der Waals surface area contributed by atoms with Crippen LogP contribution < -0.4 is 16.8 Å². The maximum Gasteiger partial charge on any atom is 0.357 e. The molecule has 1 atom stereocenters. The maximum absolute atomic E-state index is 13.8. The topological polar surface area (TPSA) is 99.6 Å². The predicted octanol–water partition coefficient (Wildman–Crippen LogP) is 5.00. The molecule has 5 N–H and O–H groups in total. The molecule has 2 aromatic rings. The van der Waals surface area contributed by atoms with Gasteiger partial charge in [0.25, 0.3) is 0 Å². The minimum atomic E-state index is -3.57. The van der Waals surface area contributed by atoms with Crippen molar-refractivity contribution in [3.05, 3.63) is 54.1 Å². The van der Waals surface area contributed by atoms with Gasteiger partial charge in [0.15, 0.2) is 5.78 Å². The zero-order chi connectivity index (χ0) is 19.3. The number of anilines is 3. The Labute approximate surface area is 155 Å². The highest BCUT2D eigenvalue weighted by molar-refractivity contribution is 7.54. The molecule has 7 heteroatoms. The van der Waals surface area contributed by atoms with E-state index in [4.69, 9.17) is 20.5 Å². The average molecular weight is 377 g/mol. The molecule has 0 saturated heterocycles. The molecule has 1 unspecified atom stereocenters. The van der Waals surface area contributed by atoms with E-state index in [0.717, 1.165) is 11.3 Å². The summed E-state index contributed by atoms with van der Waals surface area (Å²) in [5, 5.41) is 3.27. The first-order chi connectivity index (χ1) is 12.2. The van der Waals surface area contributed by atoms with Gasteiger partial charge >= 0.3 is 7.60 Å². The van der Waals surface area contributed by atoms with E-state index >= 15 is 0 Å². The van der Waals surface area contributed by atoms with Crippen LogP contribution >= 0.6 is 7.60 Å². The van der Waals surface area contributed by atoms with Crippen molar-refractivity contribution in [3.8, 4) is 0 Å². The van der Waals surface area contributed by atoms with Gasteiger partial charge in [0.2, 0.25) is 0 Å². The van der Waals surface area contributed by atoms with Gasteiger partial charge in [-0.3, -0.25) is 4.57 Å². The molecule has 0 radical (unpaired) electrons. The summed E-state index contributed by atoms with van der Waals surface area (Å²) in [7, 11) is -3.57. The van der Waals surface area contributed by atoms with Gasteiger partial charge in [0, 0.05) is 17.1 Å². The molecule has 0 heterocycles. The normalized spacial score (nSPS) is 13.2. The second-order valence-corrected chi connectivity index (χ2v) is 8.71. The largest absolute Gasteiger partial charge is 0.399 e. The van der Waals surface area contributed by atoms with Gasteiger partial charge < -0.3 is 25.8 Å². The van der Waals surface area contributed by atoms with Crippen LogP contribution in [0.25, 0.3) is 0 Å². The third-order valence-electron chi connectivity index (χ3n) is 3.45. The summed E-state index contributed by atoms with van der Waals surface area (Å²) in [5.41, 5.74) is 14.4. The van der Waals surface area contributed by atoms with Gasteiger partial charge in [-0.25, -0.2) is 0 Å². The summed E-state index contributed by atoms with van der Waals surface area (Å²) >= 11 is 0. The highest BCUT2D eigenvalue weighted by Crippen LogP contribution is 2.62. The van der Waals surface area contributed by atoms with Crippen molar-refractivity contribution in [2.75, 3.05) is 16.8 Å². The molecule has 2 rings (SSSR count). The second-order valence-electron chi connectivity index (χ2n) is 6.69. The van der Waals surface area contributed by atoms with Gasteiger partial charge in [-0.1, -0.05) is 18.2 Å². The van der Waals surface area contributed by atoms with E-state index in [2.05, 4.69) is 5.32 Å². The molecule has 6 nitrogen and oxygen atoms in total. The molecule has 0 amide bonds. The first kappa shape index (κ1) is 20.3. The summed E-state index contributed by atoms with van der Waals surface area (Å²) < 4.78 is 25.4. The monoisotopic (exact) mass is 377 g/mol. The fraction of sp³-hybridized carbons (Fsp3) is 0.368. The van der Waals surface area contributed by atoms with Crippen molar-refractivity contribution in [2.45, 2.75) is 45.7 Å². The predicted molar refractivity (Wildman–Crippen MR) is 108 cm³/mol. The van der Waals surface area contributed by atoms with E-state index in [-0.39, 0.29) is 12.2 Å². The van der Waals surface area contributed by atoms with E-state index in [0.29, 0.717) is 11.4 Å². The molecule has 0 aliphatic rings. The summed E-state index contributed by atoms with van der Waals surface area (Å²) in [6.07, 6.45) is -0.545. The quantitative estimate of drug-likeness (QED) is 0.442. The van der Waals surface area contributed by atoms with Gasteiger partial charge in [0.1, 0.15) is 0 Å². The Morgan fingerprint density at radius 3 is 1.92 bits per heavy atom. The van der Waals surface area contributed by atoms with Crippen LogP contribution in [0.5, 0.6) is 0 Å². The lowest BCUT2D eigenvalue weighted by Gasteiger charge is -2.31. The molecular weight excluding hydrogens is 349 g/mol. The van der Waals surface area contributed by atoms with Crippen LogP contribution in [0.1, 0.15) is 39.0 Å². The van der Waals surface area contributed by atoms with E-state index in [1.54, 1.807) is 24.3 Å². The molecule has 142 valence electrons. The molecule has 0 saturated carbocycles. The summed E-state index contributed by atoms with van der Waals surface area (Å²) in [6, 6.07) is 14.4. The third-order valence-corrected chi connectivity index (χ3v) is 5.94. The molecule has 26 heavy (non-hydrogen) atoms. The maximum atomic E-state index is 13.8. The van der Waals surface area contributed by atoms with Crippen LogP contribution in [0.3, 0.4) is 0 Å². The van der Waals surface area contributed by atoms with E-state index in [1.165, 1.54) is 0 Å². The van der Waals surface area contributed by atoms with Crippen LogP contribution in [0, 0.1) is 0 Å². The molecule has 0 fully saturated rings. The van der Waals surface area contributed by atoms with Crippen LogP contribution in [-0.4, -0.2) is 12.2 Å². The SMILES string of the molecule is CC(C)OP(=O)(OC(C)C)C(Nc1cccc(N)c1)c1cccc(N)c1. The first-order valence-corrected chi connectivity index (χ1v) is 10.2. The minimum absolute atomic E-state index is 0.272. The van der Waals surface area contributed by atoms with Gasteiger partial charge in [0.05, 0.1) is 12.2 Å². The van der Waals surface area contributed by atoms with Gasteiger partial charge in [-0.15, -0.1) is 0 Å². The fourth-order valence-corrected chi connectivity index (χ4v) is 4.90. The summed E-state index contributed by atoms with van der Waals surface area (Å²) in [4.78, 5) is 0. The Morgan fingerprint density at radius 2 is 1.42 bits per heavy atom. The Bertz CT molecular complexity index is 766. The van der Waals surface area contributed by atoms with Crippen molar-refractivity contribution >= 4 is 24.7 Å². The van der Waals surface area contributed by atoms with Crippen molar-refractivity contribution in [3.63, 3.8) is 0 Å². The van der Waals surface area contributed by atoms with Crippen LogP contribution in [-0.2, 0) is 13.6 Å². The van der Waals surface area contributed by atoms with E-state index < -0.39 is 13.4 Å². The lowest BCUT2D eigenvalue weighted by Crippen LogP contribution is -2.19. The zero-order valence-corrected chi connectivity index (χ0v) is 16.6. The van der Waals surface area contributed by atoms with Gasteiger partial charge in [-0.2, -0.15) is 0 Å². The molecule has 0 aliphatic heterocycles. The van der Waals surface area contributed by atoms with Crippen molar-refractivity contribution in [2.24, 2.45) is 0 Å². The smallest absolute Gasteiger partial charge is 0.357 e. The van der Waals surface area contributed by atoms with E-state index in [1.807, 2.05) is 52.0 Å². The number of rotatable bonds is 8. The van der Waals surface area contributed by atoms with Crippen LogP contribution in [0.2, 0.25) is 0 Å². The van der Waals surface area contributed by atoms with Crippen molar-refractivity contribution in [1.29, 1.82) is 0 Å². The number of hydrogen-bond donors (Lipinski definition) is 3.